The molecule has 1 aliphatic heterocycles. The van der Waals surface area contributed by atoms with Gasteiger partial charge < -0.3 is 20.5 Å². The number of nitrogens with two attached hydrogens (primary N) is 1. The second kappa shape index (κ2) is 5.24. The lowest BCUT2D eigenvalue weighted by Crippen LogP contribution is -2.37. The van der Waals surface area contributed by atoms with Gasteiger partial charge in [0.15, 0.2) is 11.5 Å². The fourth-order valence-corrected chi connectivity index (χ4v) is 2.91. The molecule has 3 heterocycles. The lowest BCUT2D eigenvalue weighted by molar-refractivity contribution is 0.285. The topological polar surface area (TPSA) is 87.0 Å². The molecule has 3 rings (SSSR count). The minimum absolute atomic E-state index is 0.287. The average Bonchev–Trinajstić information content (AvgIpc) is 2.86. The molecule has 0 unspecified atom stereocenters. The lowest BCUT2D eigenvalue weighted by Gasteiger charge is -2.34. The Balaban J connectivity index is 1.78. The smallest absolute Gasteiger partial charge is 0.224 e. The highest BCUT2D eigenvalue weighted by Gasteiger charge is 2.23. The number of nitrogens with one attached hydrogen (secondary N) is 1. The first-order valence-electron chi connectivity index (χ1n) is 7.00. The highest BCUT2D eigenvalue weighted by atomic mass is 15.2. The maximum atomic E-state index is 5.77. The van der Waals surface area contributed by atoms with Gasteiger partial charge >= 0.3 is 0 Å². The molecule has 1 fully saturated rings. The molecular weight excluding hydrogens is 254 g/mol. The Morgan fingerprint density at radius 3 is 2.80 bits per heavy atom. The van der Waals surface area contributed by atoms with Crippen molar-refractivity contribution in [1.82, 2.24) is 24.8 Å². The van der Waals surface area contributed by atoms with Crippen LogP contribution in [0.1, 0.15) is 12.8 Å². The Bertz CT molecular complexity index is 583. The summed E-state index contributed by atoms with van der Waals surface area (Å²) in [4.78, 5) is 20.4. The minimum Gasteiger partial charge on any atom is -0.368 e. The van der Waals surface area contributed by atoms with Crippen molar-refractivity contribution < 1.29 is 0 Å². The van der Waals surface area contributed by atoms with Crippen molar-refractivity contribution in [2.24, 2.45) is 5.92 Å². The van der Waals surface area contributed by atoms with Gasteiger partial charge in [0.25, 0.3) is 0 Å². The Morgan fingerprint density at radius 2 is 2.10 bits per heavy atom. The van der Waals surface area contributed by atoms with Crippen LogP contribution in [0.25, 0.3) is 11.2 Å². The largest absolute Gasteiger partial charge is 0.368 e. The summed E-state index contributed by atoms with van der Waals surface area (Å²) in [7, 11) is 4.26. The number of rotatable bonds is 3. The molecule has 1 aliphatic rings. The number of nitrogens with zero attached hydrogens (tertiary/aromatic N) is 5. The maximum Gasteiger partial charge on any atom is 0.224 e. The Kier molecular flexibility index (Phi) is 3.43. The Labute approximate surface area is 118 Å². The van der Waals surface area contributed by atoms with E-state index in [4.69, 9.17) is 5.73 Å². The number of anilines is 2. The van der Waals surface area contributed by atoms with Crippen LogP contribution in [0.2, 0.25) is 0 Å². The van der Waals surface area contributed by atoms with Gasteiger partial charge in [-0.3, -0.25) is 0 Å². The predicted octanol–water partition coefficient (Wildman–Crippen LogP) is 0.713. The number of imidazole rings is 1. The van der Waals surface area contributed by atoms with E-state index in [1.54, 1.807) is 6.33 Å². The van der Waals surface area contributed by atoms with Gasteiger partial charge in [-0.15, -0.1) is 0 Å². The highest BCUT2D eigenvalue weighted by Crippen LogP contribution is 2.26. The van der Waals surface area contributed by atoms with Crippen molar-refractivity contribution >= 4 is 22.9 Å². The molecule has 0 atom stereocenters. The molecule has 7 heteroatoms. The van der Waals surface area contributed by atoms with Crippen molar-refractivity contribution in [3.8, 4) is 0 Å². The van der Waals surface area contributed by atoms with E-state index in [1.165, 1.54) is 12.8 Å². The molecule has 7 nitrogen and oxygen atoms in total. The van der Waals surface area contributed by atoms with Crippen LogP contribution < -0.4 is 10.6 Å². The van der Waals surface area contributed by atoms with Crippen LogP contribution in [0.5, 0.6) is 0 Å². The van der Waals surface area contributed by atoms with Gasteiger partial charge in [-0.2, -0.15) is 9.97 Å². The van der Waals surface area contributed by atoms with Crippen molar-refractivity contribution in [3.05, 3.63) is 6.33 Å². The molecule has 0 aromatic carbocycles. The first kappa shape index (κ1) is 13.1. The van der Waals surface area contributed by atoms with Crippen molar-refractivity contribution in [1.29, 1.82) is 0 Å². The number of fused-ring (bicyclic) bond motifs is 1. The molecule has 0 aliphatic carbocycles. The van der Waals surface area contributed by atoms with E-state index in [0.717, 1.165) is 36.9 Å². The number of piperidine rings is 1. The first-order chi connectivity index (χ1) is 9.63. The van der Waals surface area contributed by atoms with Crippen molar-refractivity contribution in [2.75, 3.05) is 44.4 Å². The van der Waals surface area contributed by atoms with Crippen LogP contribution in [0.3, 0.4) is 0 Å². The summed E-state index contributed by atoms with van der Waals surface area (Å²) in [6, 6.07) is 0. The molecule has 0 bridgehead atoms. The van der Waals surface area contributed by atoms with E-state index in [-0.39, 0.29) is 5.95 Å². The van der Waals surface area contributed by atoms with E-state index in [1.807, 2.05) is 0 Å². The van der Waals surface area contributed by atoms with Gasteiger partial charge in [0.1, 0.15) is 5.52 Å². The van der Waals surface area contributed by atoms with E-state index in [0.29, 0.717) is 5.65 Å². The third-order valence-corrected chi connectivity index (χ3v) is 3.82. The predicted molar refractivity (Wildman–Crippen MR) is 79.6 cm³/mol. The summed E-state index contributed by atoms with van der Waals surface area (Å²) in [5, 5.41) is 0. The van der Waals surface area contributed by atoms with Gasteiger partial charge in [0.2, 0.25) is 5.95 Å². The third-order valence-electron chi connectivity index (χ3n) is 3.82. The molecule has 20 heavy (non-hydrogen) atoms. The van der Waals surface area contributed by atoms with Gasteiger partial charge in [0, 0.05) is 19.6 Å². The summed E-state index contributed by atoms with van der Waals surface area (Å²) in [5.74, 6) is 1.93. The zero-order valence-corrected chi connectivity index (χ0v) is 12.0. The fraction of sp³-hybridized carbons (Fsp3) is 0.615. The maximum absolute atomic E-state index is 5.77. The second-order valence-corrected chi connectivity index (χ2v) is 5.70. The van der Waals surface area contributed by atoms with Crippen molar-refractivity contribution in [3.63, 3.8) is 0 Å². The van der Waals surface area contributed by atoms with E-state index >= 15 is 0 Å². The van der Waals surface area contributed by atoms with Crippen LogP contribution in [-0.4, -0.2) is 58.6 Å². The zero-order chi connectivity index (χ0) is 14.1. The molecule has 0 spiro atoms. The monoisotopic (exact) mass is 275 g/mol. The molecule has 0 radical (unpaired) electrons. The SMILES string of the molecule is CN(C)CC1CCN(c2nc(N)nc3nc[nH]c23)CC1. The van der Waals surface area contributed by atoms with E-state index < -0.39 is 0 Å². The average molecular weight is 275 g/mol. The molecule has 2 aromatic heterocycles. The molecule has 3 N–H and O–H groups in total. The zero-order valence-electron chi connectivity index (χ0n) is 12.0. The molecule has 0 amide bonds. The number of hydrogen-bond acceptors (Lipinski definition) is 6. The third kappa shape index (κ3) is 2.53. The van der Waals surface area contributed by atoms with Crippen LogP contribution in [0, 0.1) is 5.92 Å². The van der Waals surface area contributed by atoms with Gasteiger partial charge in [0.05, 0.1) is 6.33 Å². The number of nitrogen functional groups attached to an aromatic ring is 1. The molecule has 1 saturated heterocycles. The van der Waals surface area contributed by atoms with Crippen LogP contribution >= 0.6 is 0 Å². The minimum atomic E-state index is 0.287. The molecule has 0 saturated carbocycles. The summed E-state index contributed by atoms with van der Waals surface area (Å²) in [6.07, 6.45) is 4.00. The summed E-state index contributed by atoms with van der Waals surface area (Å²) in [5.41, 5.74) is 7.30. The lowest BCUT2D eigenvalue weighted by atomic mass is 9.96. The van der Waals surface area contributed by atoms with Crippen LogP contribution in [0.15, 0.2) is 6.33 Å². The van der Waals surface area contributed by atoms with Crippen molar-refractivity contribution in [2.45, 2.75) is 12.8 Å². The summed E-state index contributed by atoms with van der Waals surface area (Å²) < 4.78 is 0. The molecule has 108 valence electrons. The summed E-state index contributed by atoms with van der Waals surface area (Å²) in [6.45, 7) is 3.16. The number of aromatic amines is 1. The summed E-state index contributed by atoms with van der Waals surface area (Å²) >= 11 is 0. The molecule has 2 aromatic rings. The van der Waals surface area contributed by atoms with Gasteiger partial charge in [-0.1, -0.05) is 0 Å². The Morgan fingerprint density at radius 1 is 1.35 bits per heavy atom. The number of hydrogen-bond donors (Lipinski definition) is 2. The quantitative estimate of drug-likeness (QED) is 0.858. The standard InChI is InChI=1S/C13H21N7/c1-19(2)7-9-3-5-20(6-4-9)12-10-11(16-8-15-10)17-13(14)18-12/h8-9H,3-7H2,1-2H3,(H3,14,15,16,17,18). The van der Waals surface area contributed by atoms with E-state index in [9.17, 15) is 0 Å². The normalized spacial score (nSPS) is 17.2. The van der Waals surface area contributed by atoms with Gasteiger partial charge in [-0.05, 0) is 32.9 Å². The highest BCUT2D eigenvalue weighted by molar-refractivity contribution is 5.84. The number of aromatic nitrogens is 4. The Hall–Kier alpha value is -1.89. The second-order valence-electron chi connectivity index (χ2n) is 5.70. The van der Waals surface area contributed by atoms with Crippen LogP contribution in [0.4, 0.5) is 11.8 Å². The number of H-pyrrole nitrogens is 1. The van der Waals surface area contributed by atoms with Gasteiger partial charge in [-0.25, -0.2) is 4.98 Å². The fourth-order valence-electron chi connectivity index (χ4n) is 2.91. The first-order valence-corrected chi connectivity index (χ1v) is 7.00. The van der Waals surface area contributed by atoms with E-state index in [2.05, 4.69) is 43.8 Å². The van der Waals surface area contributed by atoms with Crippen LogP contribution in [-0.2, 0) is 0 Å². The molecular formula is C13H21N7.